The second-order valence-corrected chi connectivity index (χ2v) is 5.37. The summed E-state index contributed by atoms with van der Waals surface area (Å²) in [5, 5.41) is 0. The van der Waals surface area contributed by atoms with Crippen molar-refractivity contribution < 1.29 is 19.0 Å². The topological polar surface area (TPSA) is 60.4 Å². The summed E-state index contributed by atoms with van der Waals surface area (Å²) in [7, 11) is 3.10. The van der Waals surface area contributed by atoms with Gasteiger partial charge in [-0.15, -0.1) is 0 Å². The molecule has 0 saturated heterocycles. The summed E-state index contributed by atoms with van der Waals surface area (Å²) in [6.07, 6.45) is 4.69. The quantitative estimate of drug-likeness (QED) is 0.432. The molecule has 0 fully saturated rings. The van der Waals surface area contributed by atoms with Crippen molar-refractivity contribution in [2.75, 3.05) is 32.3 Å². The van der Waals surface area contributed by atoms with Crippen LogP contribution in [0.2, 0.25) is 0 Å². The Morgan fingerprint density at radius 2 is 2.30 bits per heavy atom. The van der Waals surface area contributed by atoms with Gasteiger partial charge in [-0.25, -0.2) is 0 Å². The predicted molar refractivity (Wildman–Crippen MR) is 92.3 cm³/mol. The van der Waals surface area contributed by atoms with E-state index in [9.17, 15) is 4.79 Å². The van der Waals surface area contributed by atoms with Gasteiger partial charge in [-0.3, -0.25) is 9.79 Å². The maximum Gasteiger partial charge on any atom is 0.265 e. The maximum absolute atomic E-state index is 12.1. The zero-order valence-electron chi connectivity index (χ0n) is 12.9. The molecule has 1 heterocycles. The van der Waals surface area contributed by atoms with Crippen molar-refractivity contribution in [3.05, 3.63) is 41.2 Å². The van der Waals surface area contributed by atoms with Crippen molar-refractivity contribution in [3.8, 4) is 11.5 Å². The Bertz CT molecular complexity index is 670. The number of carbonyl (C=O) groups is 1. The van der Waals surface area contributed by atoms with Crippen molar-refractivity contribution in [1.82, 2.24) is 0 Å². The Balaban J connectivity index is 2.23. The third-order valence-corrected chi connectivity index (χ3v) is 3.80. The molecule has 0 aliphatic carbocycles. The van der Waals surface area contributed by atoms with Crippen LogP contribution in [0.4, 0.5) is 5.69 Å². The van der Waals surface area contributed by atoms with Gasteiger partial charge < -0.3 is 19.1 Å². The molecule has 0 saturated carbocycles. The lowest BCUT2D eigenvalue weighted by Gasteiger charge is -2.28. The average molecular weight is 381 g/mol. The van der Waals surface area contributed by atoms with Crippen LogP contribution < -0.4 is 14.4 Å². The Morgan fingerprint density at radius 1 is 1.52 bits per heavy atom. The highest BCUT2D eigenvalue weighted by molar-refractivity contribution is 9.10. The smallest absolute Gasteiger partial charge is 0.265 e. The number of ether oxygens (including phenoxy) is 3. The second kappa shape index (κ2) is 7.82. The van der Waals surface area contributed by atoms with Crippen molar-refractivity contribution >= 4 is 33.7 Å². The van der Waals surface area contributed by atoms with Gasteiger partial charge in [0, 0.05) is 18.3 Å². The highest BCUT2D eigenvalue weighted by Gasteiger charge is 2.26. The molecule has 1 aromatic rings. The van der Waals surface area contributed by atoms with Crippen LogP contribution in [0.3, 0.4) is 0 Å². The molecule has 2 rings (SSSR count). The van der Waals surface area contributed by atoms with Gasteiger partial charge >= 0.3 is 0 Å². The highest BCUT2D eigenvalue weighted by Crippen LogP contribution is 2.40. The monoisotopic (exact) mass is 380 g/mol. The molecule has 7 heteroatoms. The lowest BCUT2D eigenvalue weighted by Crippen LogP contribution is -2.39. The van der Waals surface area contributed by atoms with E-state index >= 15 is 0 Å². The van der Waals surface area contributed by atoms with E-state index in [1.807, 2.05) is 0 Å². The number of methoxy groups -OCH3 is 2. The summed E-state index contributed by atoms with van der Waals surface area (Å²) < 4.78 is 16.5. The Labute approximate surface area is 143 Å². The lowest BCUT2D eigenvalue weighted by atomic mass is 10.2. The molecule has 0 radical (unpaired) electrons. The number of aliphatic imine (C=N–C) groups is 1. The minimum Gasteiger partial charge on any atom is -0.495 e. The molecule has 1 aliphatic rings. The number of amides is 1. The normalized spacial score (nSPS) is 14.5. The number of anilines is 1. The van der Waals surface area contributed by atoms with Crippen molar-refractivity contribution in [2.24, 2.45) is 4.99 Å². The van der Waals surface area contributed by atoms with Crippen LogP contribution in [0.1, 0.15) is 0 Å². The third kappa shape index (κ3) is 3.92. The van der Waals surface area contributed by atoms with Gasteiger partial charge in [-0.2, -0.15) is 0 Å². The summed E-state index contributed by atoms with van der Waals surface area (Å²) >= 11 is 3.40. The first-order chi connectivity index (χ1) is 11.1. The maximum atomic E-state index is 12.1. The zero-order valence-corrected chi connectivity index (χ0v) is 14.5. The van der Waals surface area contributed by atoms with Crippen LogP contribution in [-0.4, -0.2) is 39.5 Å². The van der Waals surface area contributed by atoms with Gasteiger partial charge in [0.25, 0.3) is 5.91 Å². The molecule has 1 aliphatic heterocycles. The van der Waals surface area contributed by atoms with Gasteiger partial charge in [0.2, 0.25) is 0 Å². The molecule has 1 amide bonds. The van der Waals surface area contributed by atoms with E-state index in [2.05, 4.69) is 27.5 Å². The number of rotatable bonds is 6. The van der Waals surface area contributed by atoms with E-state index < -0.39 is 0 Å². The molecular formula is C16H17BrN2O4. The van der Waals surface area contributed by atoms with Crippen LogP contribution in [0.5, 0.6) is 11.5 Å². The summed E-state index contributed by atoms with van der Waals surface area (Å²) in [6.45, 7) is 3.90. The minimum absolute atomic E-state index is 0.00850. The number of halogens is 1. The number of carbonyl (C=O) groups excluding carboxylic acids is 1. The van der Waals surface area contributed by atoms with Crippen molar-refractivity contribution in [2.45, 2.75) is 0 Å². The first-order valence-corrected chi connectivity index (χ1v) is 7.59. The number of benzene rings is 1. The summed E-state index contributed by atoms with van der Waals surface area (Å²) in [5.41, 5.74) is 0.646. The summed E-state index contributed by atoms with van der Waals surface area (Å²) in [6, 6.07) is 3.54. The van der Waals surface area contributed by atoms with E-state index in [4.69, 9.17) is 14.2 Å². The molecular weight excluding hydrogens is 364 g/mol. The molecule has 0 N–H and O–H groups in total. The number of allylic oxidation sites excluding steroid dienone is 1. The number of hydrogen-bond acceptors (Lipinski definition) is 5. The highest BCUT2D eigenvalue weighted by atomic mass is 79.9. The first kappa shape index (κ1) is 17.1. The van der Waals surface area contributed by atoms with E-state index in [0.717, 1.165) is 4.47 Å². The first-order valence-electron chi connectivity index (χ1n) is 6.79. The molecule has 6 nitrogen and oxygen atoms in total. The van der Waals surface area contributed by atoms with Crippen LogP contribution in [-0.2, 0) is 9.53 Å². The Kier molecular flexibility index (Phi) is 5.81. The van der Waals surface area contributed by atoms with Gasteiger partial charge in [0.1, 0.15) is 17.3 Å². The van der Waals surface area contributed by atoms with Crippen LogP contribution >= 0.6 is 15.9 Å². The zero-order chi connectivity index (χ0) is 16.8. The van der Waals surface area contributed by atoms with Gasteiger partial charge in [-0.1, -0.05) is 6.58 Å². The van der Waals surface area contributed by atoms with E-state index in [1.165, 1.54) is 13.3 Å². The predicted octanol–water partition coefficient (Wildman–Crippen LogP) is 2.93. The largest absolute Gasteiger partial charge is 0.495 e. The van der Waals surface area contributed by atoms with Gasteiger partial charge in [0.15, 0.2) is 6.61 Å². The molecule has 0 bridgehead atoms. The Hall–Kier alpha value is -2.28. The second-order valence-electron chi connectivity index (χ2n) is 4.52. The Morgan fingerprint density at radius 3 is 2.96 bits per heavy atom. The van der Waals surface area contributed by atoms with Gasteiger partial charge in [0.05, 0.1) is 37.1 Å². The van der Waals surface area contributed by atoms with Crippen molar-refractivity contribution in [3.63, 3.8) is 0 Å². The standard InChI is InChI=1S/C16H17BrN2O4/c1-4-11(21-2)9-18-5-6-19-13-8-14(22-3)12(17)7-15(13)23-10-16(19)20/h4-5,7-9H,1,6,10H2,2-3H3/b11-9+,18-5+. The van der Waals surface area contributed by atoms with E-state index in [0.29, 0.717) is 29.5 Å². The fraction of sp³-hybridized carbons (Fsp3) is 0.250. The number of fused-ring (bicyclic) bond motifs is 1. The summed E-state index contributed by atoms with van der Waals surface area (Å²) in [5.74, 6) is 1.63. The van der Waals surface area contributed by atoms with Gasteiger partial charge in [-0.05, 0) is 22.0 Å². The molecule has 0 spiro atoms. The van der Waals surface area contributed by atoms with Crippen LogP contribution in [0, 0.1) is 0 Å². The van der Waals surface area contributed by atoms with E-state index in [1.54, 1.807) is 36.4 Å². The molecule has 0 atom stereocenters. The number of hydrogen-bond donors (Lipinski definition) is 0. The van der Waals surface area contributed by atoms with Crippen LogP contribution in [0.15, 0.2) is 46.2 Å². The fourth-order valence-electron chi connectivity index (χ4n) is 2.00. The van der Waals surface area contributed by atoms with Crippen molar-refractivity contribution in [1.29, 1.82) is 0 Å². The van der Waals surface area contributed by atoms with E-state index in [-0.39, 0.29) is 12.5 Å². The third-order valence-electron chi connectivity index (χ3n) is 3.18. The number of nitrogens with zero attached hydrogens (tertiary/aromatic N) is 2. The molecule has 0 unspecified atom stereocenters. The van der Waals surface area contributed by atoms with Crippen LogP contribution in [0.25, 0.3) is 0 Å². The molecule has 23 heavy (non-hydrogen) atoms. The molecule has 0 aromatic heterocycles. The SMILES string of the molecule is C=C/C(=C\N=C\CN1C(=O)COc2cc(Br)c(OC)cc21)OC. The summed E-state index contributed by atoms with van der Waals surface area (Å²) in [4.78, 5) is 17.8. The fourth-order valence-corrected chi connectivity index (χ4v) is 2.49. The average Bonchev–Trinajstić information content (AvgIpc) is 2.56. The lowest BCUT2D eigenvalue weighted by molar-refractivity contribution is -0.121. The molecule has 1 aromatic carbocycles. The minimum atomic E-state index is -0.145. The molecule has 122 valence electrons.